The summed E-state index contributed by atoms with van der Waals surface area (Å²) in [5.74, 6) is -0.308. The molecule has 12 nitrogen and oxygen atoms in total. The van der Waals surface area contributed by atoms with Gasteiger partial charge >= 0.3 is 11.9 Å². The van der Waals surface area contributed by atoms with Gasteiger partial charge in [0.1, 0.15) is 28.4 Å². The molecule has 1 aromatic heterocycles. The highest BCUT2D eigenvalue weighted by Gasteiger charge is 2.84. The second-order valence-electron chi connectivity index (χ2n) is 17.8. The van der Waals surface area contributed by atoms with Crippen molar-refractivity contribution in [3.05, 3.63) is 70.4 Å². The van der Waals surface area contributed by atoms with Crippen LogP contribution in [0.4, 0.5) is 5.69 Å². The first-order valence-corrected chi connectivity index (χ1v) is 20.8. The van der Waals surface area contributed by atoms with Crippen molar-refractivity contribution in [3.8, 4) is 5.75 Å². The second-order valence-corrected chi connectivity index (χ2v) is 17.8. The maximum Gasteiger partial charge on any atom is 0.318 e. The predicted octanol–water partition coefficient (Wildman–Crippen LogP) is 5.29. The highest BCUT2D eigenvalue weighted by Crippen LogP contribution is 2.73. The monoisotopic (exact) mass is 780 g/mol. The molecule has 1 unspecified atom stereocenters. The Morgan fingerprint density at radius 1 is 1.07 bits per heavy atom. The van der Waals surface area contributed by atoms with Crippen LogP contribution in [0.3, 0.4) is 0 Å². The summed E-state index contributed by atoms with van der Waals surface area (Å²) in [7, 11) is 8.39. The van der Waals surface area contributed by atoms with Gasteiger partial charge in [0.05, 0.1) is 33.6 Å². The van der Waals surface area contributed by atoms with E-state index in [1.165, 1.54) is 14.2 Å². The number of benzene rings is 2. The summed E-state index contributed by atoms with van der Waals surface area (Å²) in [5, 5.41) is 16.7. The van der Waals surface area contributed by atoms with Gasteiger partial charge in [-0.2, -0.15) is 0 Å². The number of likely N-dealkylation sites (N-methyl/N-ethyl adjacent to an activating group) is 1. The molecule has 3 N–H and O–H groups in total. The zero-order chi connectivity index (χ0) is 39.8. The molecule has 9 heterocycles. The number of para-hydroxylation sites is 1. The lowest BCUT2D eigenvalue weighted by atomic mass is 9.52. The maximum atomic E-state index is 14.9. The number of likely N-dealkylation sites (tertiary alicyclic amines) is 1. The van der Waals surface area contributed by atoms with E-state index in [1.807, 2.05) is 26.1 Å². The largest absolute Gasteiger partial charge is 0.496 e. The van der Waals surface area contributed by atoms with Crippen LogP contribution < -0.4 is 10.1 Å². The molecule has 0 amide bonds. The molecule has 1 spiro atoms. The molecule has 8 fully saturated rings. The van der Waals surface area contributed by atoms with Crippen molar-refractivity contribution >= 4 is 28.5 Å². The van der Waals surface area contributed by atoms with Gasteiger partial charge in [-0.05, 0) is 69.7 Å². The summed E-state index contributed by atoms with van der Waals surface area (Å²) in [5.41, 5.74) is 2.28. The third kappa shape index (κ3) is 4.26. The summed E-state index contributed by atoms with van der Waals surface area (Å²) < 4.78 is 32.4. The fraction of sp³-hybridized carbons (Fsp3) is 0.600. The molecule has 8 aliphatic heterocycles. The molecule has 10 aliphatic rings. The lowest BCUT2D eigenvalue weighted by molar-refractivity contribution is -0.261. The van der Waals surface area contributed by atoms with Gasteiger partial charge in [0.2, 0.25) is 0 Å². The Balaban J connectivity index is 1.26. The van der Waals surface area contributed by atoms with Crippen molar-refractivity contribution in [2.75, 3.05) is 60.5 Å². The van der Waals surface area contributed by atoms with E-state index in [4.69, 9.17) is 23.7 Å². The number of fused-ring (bicyclic) bond motifs is 8. The van der Waals surface area contributed by atoms with Crippen LogP contribution in [0.5, 0.6) is 5.75 Å². The summed E-state index contributed by atoms with van der Waals surface area (Å²) >= 11 is 0. The smallest absolute Gasteiger partial charge is 0.318 e. The van der Waals surface area contributed by atoms with Crippen molar-refractivity contribution in [2.45, 2.75) is 87.9 Å². The number of aromatic nitrogens is 1. The minimum absolute atomic E-state index is 0.137. The number of aliphatic hydroxyl groups excluding tert-OH is 1. The van der Waals surface area contributed by atoms with Crippen LogP contribution in [-0.2, 0) is 40.6 Å². The first-order valence-electron chi connectivity index (χ1n) is 20.8. The molecule has 13 rings (SSSR count). The van der Waals surface area contributed by atoms with E-state index >= 15 is 0 Å². The van der Waals surface area contributed by atoms with Gasteiger partial charge in [0.25, 0.3) is 0 Å². The topological polar surface area (TPSA) is 135 Å². The Labute approximate surface area is 334 Å². The lowest BCUT2D eigenvalue weighted by Gasteiger charge is -2.61. The number of nitrogens with one attached hydrogen (secondary N) is 2. The molecular formula is C45H56N4O8. The summed E-state index contributed by atoms with van der Waals surface area (Å²) in [6.45, 7) is 5.30. The number of aliphatic hydroxyl groups is 1. The van der Waals surface area contributed by atoms with Gasteiger partial charge < -0.3 is 39.1 Å². The van der Waals surface area contributed by atoms with E-state index in [-0.39, 0.29) is 54.6 Å². The number of H-pyrrole nitrogens is 1. The number of carbonyl (C=O) groups excluding carboxylic acids is 2. The number of anilines is 1. The number of aromatic amines is 1. The van der Waals surface area contributed by atoms with Gasteiger partial charge in [0.15, 0.2) is 5.72 Å². The first kappa shape index (κ1) is 37.3. The van der Waals surface area contributed by atoms with E-state index in [1.54, 1.807) is 14.2 Å². The molecule has 57 heavy (non-hydrogen) atoms. The second kappa shape index (κ2) is 12.8. The molecule has 12 atom stereocenters. The van der Waals surface area contributed by atoms with E-state index in [2.05, 4.69) is 57.4 Å². The minimum atomic E-state index is -1.30. The Morgan fingerprint density at radius 2 is 1.86 bits per heavy atom. The maximum absolute atomic E-state index is 14.9. The predicted molar refractivity (Wildman–Crippen MR) is 213 cm³/mol. The SMILES string of the molecule is C/C=C1/CN(C)[C@H]2Cc3c([nH]c4ccccc34)[C@H](c3c(OC)ccc4c3N[C@]3(OC)[C@]5(C(=O)OC)C[C@H]6C[C@H](CC)[C@@H]5N5CC[C@@]43O[C@H]65)C[C@H]1[C@]2(CO)C(=O)OC. The molecule has 3 aromatic rings. The summed E-state index contributed by atoms with van der Waals surface area (Å²) in [4.78, 5) is 37.8. The van der Waals surface area contributed by atoms with E-state index < -0.39 is 28.1 Å². The van der Waals surface area contributed by atoms with E-state index in [9.17, 15) is 14.7 Å². The Hall–Kier alpha value is -3.94. The van der Waals surface area contributed by atoms with E-state index in [0.29, 0.717) is 38.0 Å². The van der Waals surface area contributed by atoms with Crippen LogP contribution in [0.15, 0.2) is 48.0 Å². The number of hydrogen-bond acceptors (Lipinski definition) is 11. The van der Waals surface area contributed by atoms with Crippen molar-refractivity contribution < 1.29 is 38.4 Å². The highest BCUT2D eigenvalue weighted by molar-refractivity contribution is 5.88. The highest BCUT2D eigenvalue weighted by atomic mass is 16.6. The third-order valence-electron chi connectivity index (χ3n) is 16.2. The van der Waals surface area contributed by atoms with Crippen LogP contribution in [0.25, 0.3) is 10.9 Å². The minimum Gasteiger partial charge on any atom is -0.496 e. The van der Waals surface area contributed by atoms with Crippen LogP contribution in [0.1, 0.15) is 74.3 Å². The van der Waals surface area contributed by atoms with E-state index in [0.717, 1.165) is 63.9 Å². The molecule has 7 saturated heterocycles. The Kier molecular flexibility index (Phi) is 8.37. The van der Waals surface area contributed by atoms with Crippen LogP contribution in [-0.4, -0.2) is 111 Å². The molecule has 2 aromatic carbocycles. The number of allylic oxidation sites excluding steroid dienone is 1. The quantitative estimate of drug-likeness (QED) is 0.214. The number of nitrogens with zero attached hydrogens (tertiary/aromatic N) is 2. The lowest BCUT2D eigenvalue weighted by Crippen LogP contribution is -2.74. The standard InChI is InChI=1S/C45H56N4O8/c1-8-24-18-26-21-43(41(52)55-6)38(24)49-17-16-44(57-39(26)49)30-14-15-33(53-4)35(37(30)47-45(43,44)56-7)29-19-31-25(9-2)22-48(3)34(42(31,23-50)40(51)54-5)20-28-27-12-10-11-13-32(27)46-36(28)29/h9-15,24,26,29,31,34,38-39,46-47,50H,8,16-23H2,1-7H3/b25-9-/t24-,26+,29-,31+,34-,38-,39+,42-,43+,44+,45-/m0/s1. The Morgan fingerprint density at radius 3 is 2.56 bits per heavy atom. The van der Waals surface area contributed by atoms with Crippen molar-refractivity contribution in [3.63, 3.8) is 0 Å². The average Bonchev–Trinajstić information content (AvgIpc) is 3.67. The van der Waals surface area contributed by atoms with Gasteiger partial charge in [-0.15, -0.1) is 0 Å². The zero-order valence-electron chi connectivity index (χ0n) is 34.1. The molecular weight excluding hydrogens is 725 g/mol. The summed E-state index contributed by atoms with van der Waals surface area (Å²) in [6.07, 6.45) is 6.10. The van der Waals surface area contributed by atoms with Gasteiger partial charge in [-0.3, -0.25) is 19.4 Å². The van der Waals surface area contributed by atoms with Gasteiger partial charge in [-0.1, -0.05) is 49.3 Å². The van der Waals surface area contributed by atoms with Crippen molar-refractivity contribution in [1.29, 1.82) is 0 Å². The van der Waals surface area contributed by atoms with Crippen LogP contribution in [0.2, 0.25) is 0 Å². The van der Waals surface area contributed by atoms with Crippen molar-refractivity contribution in [2.24, 2.45) is 28.6 Å². The molecule has 1 saturated carbocycles. The van der Waals surface area contributed by atoms with Crippen LogP contribution in [0, 0.1) is 28.6 Å². The van der Waals surface area contributed by atoms with Crippen LogP contribution >= 0.6 is 0 Å². The number of methoxy groups -OCH3 is 4. The van der Waals surface area contributed by atoms with Gasteiger partial charge in [0, 0.05) is 77.8 Å². The number of ether oxygens (including phenoxy) is 5. The number of rotatable bonds is 7. The third-order valence-corrected chi connectivity index (χ3v) is 16.2. The molecule has 12 heteroatoms. The molecule has 2 aliphatic carbocycles. The molecule has 304 valence electrons. The van der Waals surface area contributed by atoms with Crippen molar-refractivity contribution in [1.82, 2.24) is 14.8 Å². The number of hydrogen-bond donors (Lipinski definition) is 3. The number of carbonyl (C=O) groups is 2. The Bertz CT molecular complexity index is 2200. The fourth-order valence-electron chi connectivity index (χ4n) is 14.1. The zero-order valence-corrected chi connectivity index (χ0v) is 34.1. The molecule has 0 radical (unpaired) electrons. The first-order chi connectivity index (χ1) is 27.6. The average molecular weight is 781 g/mol. The normalized spacial score (nSPS) is 40.5. The number of piperidine rings is 3. The molecule has 8 bridgehead atoms. The number of esters is 2. The van der Waals surface area contributed by atoms with Gasteiger partial charge in [-0.25, -0.2) is 0 Å². The fourth-order valence-corrected chi connectivity index (χ4v) is 14.1. The summed E-state index contributed by atoms with van der Waals surface area (Å²) in [6, 6.07) is 12.0.